The van der Waals surface area contributed by atoms with Crippen LogP contribution in [0.4, 0.5) is 0 Å². The maximum absolute atomic E-state index is 9.61. The van der Waals surface area contributed by atoms with Crippen molar-refractivity contribution in [2.24, 2.45) is 0 Å². The van der Waals surface area contributed by atoms with E-state index in [1.165, 1.54) is 0 Å². The number of benzene rings is 1. The molecule has 0 heterocycles. The zero-order valence-electron chi connectivity index (χ0n) is 7.34. The Morgan fingerprint density at radius 3 is 2.85 bits per heavy atom. The van der Waals surface area contributed by atoms with Crippen molar-refractivity contribution in [3.05, 3.63) is 28.3 Å². The summed E-state index contributed by atoms with van der Waals surface area (Å²) in [6.45, 7) is 1.81. The number of aryl methyl sites for hydroxylation is 1. The van der Waals surface area contributed by atoms with Crippen LogP contribution >= 0.6 is 11.6 Å². The lowest BCUT2D eigenvalue weighted by molar-refractivity contribution is 0.464. The Balaban J connectivity index is 3.04. The van der Waals surface area contributed by atoms with Gasteiger partial charge < -0.3 is 5.11 Å². The molecule has 3 heteroatoms. The zero-order valence-corrected chi connectivity index (χ0v) is 8.10. The van der Waals surface area contributed by atoms with Crippen LogP contribution in [-0.2, 0) is 6.42 Å². The molecule has 1 aromatic carbocycles. The van der Waals surface area contributed by atoms with Gasteiger partial charge in [-0.2, -0.15) is 5.26 Å². The molecule has 0 aliphatic heterocycles. The number of halogens is 1. The molecule has 2 nitrogen and oxygen atoms in total. The molecule has 0 aromatic heterocycles. The smallest absolute Gasteiger partial charge is 0.123 e. The molecule has 0 saturated carbocycles. The van der Waals surface area contributed by atoms with Gasteiger partial charge in [-0.25, -0.2) is 0 Å². The van der Waals surface area contributed by atoms with E-state index in [1.807, 2.05) is 13.0 Å². The Bertz CT molecular complexity index is 355. The topological polar surface area (TPSA) is 44.0 Å². The molecule has 0 aliphatic carbocycles. The molecule has 0 amide bonds. The summed E-state index contributed by atoms with van der Waals surface area (Å²) in [5.74, 6) is 0.211. The van der Waals surface area contributed by atoms with Gasteiger partial charge in [0.2, 0.25) is 0 Å². The van der Waals surface area contributed by atoms with Crippen molar-refractivity contribution in [1.82, 2.24) is 0 Å². The summed E-state index contributed by atoms with van der Waals surface area (Å²) >= 11 is 5.87. The Morgan fingerprint density at radius 2 is 2.23 bits per heavy atom. The molecule has 0 bridgehead atoms. The van der Waals surface area contributed by atoms with Crippen LogP contribution in [-0.4, -0.2) is 5.11 Å². The van der Waals surface area contributed by atoms with E-state index < -0.39 is 0 Å². The van der Waals surface area contributed by atoms with E-state index in [4.69, 9.17) is 16.9 Å². The maximum atomic E-state index is 9.61. The number of phenols is 1. The quantitative estimate of drug-likeness (QED) is 0.789. The van der Waals surface area contributed by atoms with Crippen LogP contribution in [0.2, 0.25) is 5.02 Å². The van der Waals surface area contributed by atoms with Crippen molar-refractivity contribution < 1.29 is 5.11 Å². The van der Waals surface area contributed by atoms with Crippen LogP contribution in [0.25, 0.3) is 0 Å². The van der Waals surface area contributed by atoms with Crippen LogP contribution in [0.15, 0.2) is 12.1 Å². The predicted octanol–water partition coefficient (Wildman–Crippen LogP) is 2.81. The molecule has 0 unspecified atom stereocenters. The first-order chi connectivity index (χ1) is 6.16. The van der Waals surface area contributed by atoms with Gasteiger partial charge in [-0.15, -0.1) is 0 Å². The Hall–Kier alpha value is -1.20. The standard InChI is InChI=1S/C10H10ClNO/c1-7-4-5-9(11)8(10(7)13)3-2-6-12/h4-5,13H,2-3H2,1H3. The van der Waals surface area contributed by atoms with E-state index in [2.05, 4.69) is 0 Å². The van der Waals surface area contributed by atoms with Gasteiger partial charge >= 0.3 is 0 Å². The van der Waals surface area contributed by atoms with Crippen LogP contribution in [0, 0.1) is 18.3 Å². The summed E-state index contributed by atoms with van der Waals surface area (Å²) in [6.07, 6.45) is 0.875. The molecule has 0 fully saturated rings. The predicted molar refractivity (Wildman–Crippen MR) is 51.8 cm³/mol. The third-order valence-electron chi connectivity index (χ3n) is 1.91. The molecular weight excluding hydrogens is 186 g/mol. The van der Waals surface area contributed by atoms with Crippen LogP contribution in [0.1, 0.15) is 17.5 Å². The highest BCUT2D eigenvalue weighted by Crippen LogP contribution is 2.29. The lowest BCUT2D eigenvalue weighted by Gasteiger charge is -2.07. The van der Waals surface area contributed by atoms with E-state index >= 15 is 0 Å². The second-order valence-corrected chi connectivity index (χ2v) is 3.26. The number of phenolic OH excluding ortho intramolecular Hbond substituents is 1. The van der Waals surface area contributed by atoms with Crippen LogP contribution in [0.3, 0.4) is 0 Å². The summed E-state index contributed by atoms with van der Waals surface area (Å²) in [6, 6.07) is 5.52. The van der Waals surface area contributed by atoms with Gasteiger partial charge in [0.1, 0.15) is 5.75 Å². The van der Waals surface area contributed by atoms with Crippen molar-refractivity contribution >= 4 is 11.6 Å². The molecule has 68 valence electrons. The minimum atomic E-state index is 0.211. The summed E-state index contributed by atoms with van der Waals surface area (Å²) in [7, 11) is 0. The Morgan fingerprint density at radius 1 is 1.54 bits per heavy atom. The molecule has 0 radical (unpaired) electrons. The van der Waals surface area contributed by atoms with E-state index in [1.54, 1.807) is 12.1 Å². The van der Waals surface area contributed by atoms with Gasteiger partial charge in [0.15, 0.2) is 0 Å². The first-order valence-electron chi connectivity index (χ1n) is 4.00. The number of aromatic hydroxyl groups is 1. The highest BCUT2D eigenvalue weighted by molar-refractivity contribution is 6.31. The average molecular weight is 196 g/mol. The summed E-state index contributed by atoms with van der Waals surface area (Å²) in [5.41, 5.74) is 1.46. The number of nitrogens with zero attached hydrogens (tertiary/aromatic N) is 1. The second-order valence-electron chi connectivity index (χ2n) is 2.85. The minimum absolute atomic E-state index is 0.211. The van der Waals surface area contributed by atoms with Crippen molar-refractivity contribution in [3.63, 3.8) is 0 Å². The van der Waals surface area contributed by atoms with E-state index in [0.717, 1.165) is 5.56 Å². The van der Waals surface area contributed by atoms with E-state index in [-0.39, 0.29) is 5.75 Å². The second kappa shape index (κ2) is 4.15. The molecule has 0 atom stereocenters. The summed E-state index contributed by atoms with van der Waals surface area (Å²) in [4.78, 5) is 0. The molecule has 1 rings (SSSR count). The average Bonchev–Trinajstić information content (AvgIpc) is 2.12. The van der Waals surface area contributed by atoms with Crippen molar-refractivity contribution in [3.8, 4) is 11.8 Å². The maximum Gasteiger partial charge on any atom is 0.123 e. The summed E-state index contributed by atoms with van der Waals surface area (Å²) < 4.78 is 0. The van der Waals surface area contributed by atoms with Gasteiger partial charge in [-0.3, -0.25) is 0 Å². The largest absolute Gasteiger partial charge is 0.507 e. The van der Waals surface area contributed by atoms with Crippen molar-refractivity contribution in [2.75, 3.05) is 0 Å². The molecule has 1 aromatic rings. The van der Waals surface area contributed by atoms with Gasteiger partial charge in [-0.1, -0.05) is 17.7 Å². The Labute approximate surface area is 82.4 Å². The number of hydrogen-bond donors (Lipinski definition) is 1. The highest BCUT2D eigenvalue weighted by atomic mass is 35.5. The normalized spacial score (nSPS) is 9.62. The lowest BCUT2D eigenvalue weighted by atomic mass is 10.1. The molecule has 0 aliphatic rings. The third-order valence-corrected chi connectivity index (χ3v) is 2.27. The zero-order chi connectivity index (χ0) is 9.84. The SMILES string of the molecule is Cc1ccc(Cl)c(CCC#N)c1O. The van der Waals surface area contributed by atoms with Gasteiger partial charge in [0, 0.05) is 17.0 Å². The van der Waals surface area contributed by atoms with E-state index in [0.29, 0.717) is 23.4 Å². The number of hydrogen-bond acceptors (Lipinski definition) is 2. The monoisotopic (exact) mass is 195 g/mol. The number of nitriles is 1. The molecule has 13 heavy (non-hydrogen) atoms. The fourth-order valence-corrected chi connectivity index (χ4v) is 1.39. The fraction of sp³-hybridized carbons (Fsp3) is 0.300. The van der Waals surface area contributed by atoms with Crippen LogP contribution < -0.4 is 0 Å². The van der Waals surface area contributed by atoms with Crippen molar-refractivity contribution in [1.29, 1.82) is 5.26 Å². The molecule has 1 N–H and O–H groups in total. The van der Waals surface area contributed by atoms with Crippen molar-refractivity contribution in [2.45, 2.75) is 19.8 Å². The van der Waals surface area contributed by atoms with Gasteiger partial charge in [-0.05, 0) is 25.0 Å². The summed E-state index contributed by atoms with van der Waals surface area (Å²) in [5, 5.41) is 18.5. The van der Waals surface area contributed by atoms with Gasteiger partial charge in [0.25, 0.3) is 0 Å². The highest BCUT2D eigenvalue weighted by Gasteiger charge is 2.08. The first kappa shape index (κ1) is 9.88. The molecule has 0 saturated heterocycles. The third kappa shape index (κ3) is 2.13. The van der Waals surface area contributed by atoms with Crippen LogP contribution in [0.5, 0.6) is 5.75 Å². The van der Waals surface area contributed by atoms with E-state index in [9.17, 15) is 5.11 Å². The lowest BCUT2D eigenvalue weighted by Crippen LogP contribution is -1.89. The first-order valence-corrected chi connectivity index (χ1v) is 4.38. The minimum Gasteiger partial charge on any atom is -0.507 e. The number of rotatable bonds is 2. The molecule has 0 spiro atoms. The molecular formula is C10H10ClNO. The van der Waals surface area contributed by atoms with Gasteiger partial charge in [0.05, 0.1) is 6.07 Å². The Kier molecular flexibility index (Phi) is 3.16. The fourth-order valence-electron chi connectivity index (χ4n) is 1.15.